The summed E-state index contributed by atoms with van der Waals surface area (Å²) in [4.78, 5) is 17.9. The number of aryl methyl sites for hydroxylation is 1. The molecule has 0 saturated carbocycles. The monoisotopic (exact) mass is 418 g/mol. The van der Waals surface area contributed by atoms with Crippen molar-refractivity contribution < 1.29 is 4.79 Å². The molecule has 0 aliphatic carbocycles. The van der Waals surface area contributed by atoms with Gasteiger partial charge in [-0.1, -0.05) is 42.5 Å². The molecule has 2 aromatic rings. The Labute approximate surface area is 188 Å². The molecule has 0 radical (unpaired) electrons. The number of likely N-dealkylation sites (tertiary alicyclic amines) is 1. The summed E-state index contributed by atoms with van der Waals surface area (Å²) >= 11 is 0. The summed E-state index contributed by atoms with van der Waals surface area (Å²) < 4.78 is 0. The number of carbonyl (C=O) groups is 1. The van der Waals surface area contributed by atoms with Crippen molar-refractivity contribution in [3.05, 3.63) is 70.8 Å². The van der Waals surface area contributed by atoms with E-state index in [2.05, 4.69) is 65.4 Å². The van der Waals surface area contributed by atoms with Crippen molar-refractivity contribution in [3.8, 4) is 0 Å². The van der Waals surface area contributed by atoms with Crippen LogP contribution in [0.2, 0.25) is 0 Å². The van der Waals surface area contributed by atoms with Crippen molar-refractivity contribution in [2.75, 3.05) is 26.7 Å². The number of benzene rings is 2. The first-order valence-corrected chi connectivity index (χ1v) is 12.3. The maximum absolute atomic E-state index is 12.9. The fraction of sp³-hybridized carbons (Fsp3) is 0.536. The van der Waals surface area contributed by atoms with Crippen molar-refractivity contribution in [3.63, 3.8) is 0 Å². The van der Waals surface area contributed by atoms with Crippen LogP contribution in [0, 0.1) is 5.92 Å². The van der Waals surface area contributed by atoms with Crippen molar-refractivity contribution in [1.82, 2.24) is 9.80 Å². The molecule has 31 heavy (non-hydrogen) atoms. The van der Waals surface area contributed by atoms with Gasteiger partial charge in [-0.2, -0.15) is 0 Å². The number of rotatable bonds is 7. The second kappa shape index (κ2) is 11.1. The third-order valence-electron chi connectivity index (χ3n) is 7.18. The van der Waals surface area contributed by atoms with Crippen LogP contribution >= 0.6 is 0 Å². The van der Waals surface area contributed by atoms with E-state index in [4.69, 9.17) is 0 Å². The van der Waals surface area contributed by atoms with Crippen molar-refractivity contribution in [2.45, 2.75) is 64.5 Å². The maximum atomic E-state index is 12.9. The number of fused-ring (bicyclic) bond motifs is 1. The van der Waals surface area contributed by atoms with E-state index in [-0.39, 0.29) is 0 Å². The molecule has 0 N–H and O–H groups in total. The van der Waals surface area contributed by atoms with Crippen LogP contribution < -0.4 is 0 Å². The lowest BCUT2D eigenvalue weighted by molar-refractivity contribution is 0.0977. The molecular weight excluding hydrogens is 380 g/mol. The standard InChI is InChI=1S/C28H38N2O/c1-29-17-6-11-23(16-19-29)10-5-13-28(31)26-15-14-25-12-7-18-30(22-27(25)20-26)21-24-8-3-2-4-9-24/h2-4,8-9,14-15,20,23H,5-7,10-13,16-19,21-22H2,1H3. The van der Waals surface area contributed by atoms with Gasteiger partial charge >= 0.3 is 0 Å². The molecule has 1 saturated heterocycles. The quantitative estimate of drug-likeness (QED) is 0.537. The minimum absolute atomic E-state index is 0.326. The fourth-order valence-electron chi connectivity index (χ4n) is 5.27. The Hall–Kier alpha value is -1.97. The number of hydrogen-bond acceptors (Lipinski definition) is 3. The van der Waals surface area contributed by atoms with Crippen molar-refractivity contribution in [1.29, 1.82) is 0 Å². The third-order valence-corrected chi connectivity index (χ3v) is 7.18. The topological polar surface area (TPSA) is 23.6 Å². The van der Waals surface area contributed by atoms with Gasteiger partial charge in [0.1, 0.15) is 0 Å². The first-order valence-electron chi connectivity index (χ1n) is 12.3. The smallest absolute Gasteiger partial charge is 0.162 e. The van der Waals surface area contributed by atoms with Crippen LogP contribution in [0.15, 0.2) is 48.5 Å². The Balaban J connectivity index is 1.33. The zero-order valence-electron chi connectivity index (χ0n) is 19.2. The summed E-state index contributed by atoms with van der Waals surface area (Å²) in [5, 5.41) is 0. The summed E-state index contributed by atoms with van der Waals surface area (Å²) in [5.74, 6) is 1.13. The van der Waals surface area contributed by atoms with Crippen LogP contribution in [0.5, 0.6) is 0 Å². The Morgan fingerprint density at radius 1 is 0.968 bits per heavy atom. The minimum atomic E-state index is 0.326. The van der Waals surface area contributed by atoms with Gasteiger partial charge in [0.2, 0.25) is 0 Å². The van der Waals surface area contributed by atoms with Crippen LogP contribution in [0.4, 0.5) is 0 Å². The molecule has 2 aromatic carbocycles. The van der Waals surface area contributed by atoms with E-state index in [0.29, 0.717) is 12.2 Å². The van der Waals surface area contributed by atoms with E-state index >= 15 is 0 Å². The molecule has 0 bridgehead atoms. The number of carbonyl (C=O) groups excluding carboxylic acids is 1. The fourth-order valence-corrected chi connectivity index (χ4v) is 5.27. The Morgan fingerprint density at radius 2 is 1.84 bits per heavy atom. The maximum Gasteiger partial charge on any atom is 0.162 e. The molecule has 4 rings (SSSR count). The summed E-state index contributed by atoms with van der Waals surface area (Å²) in [6.45, 7) is 5.48. The van der Waals surface area contributed by atoms with E-state index in [9.17, 15) is 4.79 Å². The summed E-state index contributed by atoms with van der Waals surface area (Å²) in [6, 6.07) is 17.2. The number of hydrogen-bond donors (Lipinski definition) is 0. The Bertz CT molecular complexity index is 847. The van der Waals surface area contributed by atoms with Gasteiger partial charge in [0.15, 0.2) is 5.78 Å². The van der Waals surface area contributed by atoms with E-state index in [1.807, 2.05) is 0 Å². The van der Waals surface area contributed by atoms with Crippen LogP contribution in [-0.2, 0) is 19.5 Å². The second-order valence-electron chi connectivity index (χ2n) is 9.70. The van der Waals surface area contributed by atoms with Gasteiger partial charge in [0.05, 0.1) is 0 Å². The van der Waals surface area contributed by atoms with Crippen molar-refractivity contribution in [2.24, 2.45) is 5.92 Å². The molecule has 166 valence electrons. The number of nitrogens with zero attached hydrogens (tertiary/aromatic N) is 2. The lowest BCUT2D eigenvalue weighted by atomic mass is 9.92. The normalized spacial score (nSPS) is 20.6. The zero-order valence-corrected chi connectivity index (χ0v) is 19.2. The van der Waals surface area contributed by atoms with Gasteiger partial charge in [0.25, 0.3) is 0 Å². The van der Waals surface area contributed by atoms with Crippen LogP contribution in [-0.4, -0.2) is 42.3 Å². The van der Waals surface area contributed by atoms with Crippen LogP contribution in [0.25, 0.3) is 0 Å². The predicted molar refractivity (Wildman–Crippen MR) is 128 cm³/mol. The average molecular weight is 419 g/mol. The lowest BCUT2D eigenvalue weighted by Gasteiger charge is -2.20. The Kier molecular flexibility index (Phi) is 7.93. The van der Waals surface area contributed by atoms with E-state index < -0.39 is 0 Å². The van der Waals surface area contributed by atoms with Gasteiger partial charge in [-0.05, 0) is 100 Å². The van der Waals surface area contributed by atoms with E-state index in [0.717, 1.165) is 44.0 Å². The Morgan fingerprint density at radius 3 is 2.71 bits per heavy atom. The number of Topliss-reactive ketones (excluding diaryl/α,β-unsaturated/α-hetero) is 1. The molecule has 2 heterocycles. The van der Waals surface area contributed by atoms with Gasteiger partial charge in [0, 0.05) is 25.1 Å². The van der Waals surface area contributed by atoms with Gasteiger partial charge in [-0.3, -0.25) is 9.69 Å². The highest BCUT2D eigenvalue weighted by Gasteiger charge is 2.18. The number of ketones is 1. The third kappa shape index (κ3) is 6.51. The highest BCUT2D eigenvalue weighted by Crippen LogP contribution is 2.25. The molecule has 1 atom stereocenters. The SMILES string of the molecule is CN1CCCC(CCCC(=O)c2ccc3c(c2)CN(Cc2ccccc2)CCC3)CC1. The molecular formula is C28H38N2O. The highest BCUT2D eigenvalue weighted by atomic mass is 16.1. The predicted octanol–water partition coefficient (Wildman–Crippen LogP) is 5.72. The lowest BCUT2D eigenvalue weighted by Crippen LogP contribution is -2.22. The highest BCUT2D eigenvalue weighted by molar-refractivity contribution is 5.96. The molecule has 1 unspecified atom stereocenters. The molecule has 2 aliphatic rings. The zero-order chi connectivity index (χ0) is 21.5. The molecule has 1 fully saturated rings. The van der Waals surface area contributed by atoms with Gasteiger partial charge in [-0.15, -0.1) is 0 Å². The molecule has 0 aromatic heterocycles. The largest absolute Gasteiger partial charge is 0.306 e. The van der Waals surface area contributed by atoms with Gasteiger partial charge < -0.3 is 4.90 Å². The molecule has 3 nitrogen and oxygen atoms in total. The first kappa shape index (κ1) is 22.2. The summed E-state index contributed by atoms with van der Waals surface area (Å²) in [7, 11) is 2.23. The van der Waals surface area contributed by atoms with Crippen LogP contribution in [0.3, 0.4) is 0 Å². The minimum Gasteiger partial charge on any atom is -0.306 e. The molecule has 0 spiro atoms. The molecule has 2 aliphatic heterocycles. The van der Waals surface area contributed by atoms with Crippen molar-refractivity contribution >= 4 is 5.78 Å². The molecule has 0 amide bonds. The van der Waals surface area contributed by atoms with Gasteiger partial charge in [-0.25, -0.2) is 0 Å². The second-order valence-corrected chi connectivity index (χ2v) is 9.70. The summed E-state index contributed by atoms with van der Waals surface area (Å²) in [5.41, 5.74) is 5.06. The molecule has 3 heteroatoms. The van der Waals surface area contributed by atoms with Crippen LogP contribution in [0.1, 0.15) is 72.0 Å². The summed E-state index contributed by atoms with van der Waals surface area (Å²) in [6.07, 6.45) is 9.16. The van der Waals surface area contributed by atoms with E-state index in [1.54, 1.807) is 0 Å². The van der Waals surface area contributed by atoms with E-state index in [1.165, 1.54) is 61.9 Å². The average Bonchev–Trinajstić information content (AvgIpc) is 3.11. The first-order chi connectivity index (χ1) is 15.2.